The zero-order valence-corrected chi connectivity index (χ0v) is 6.58. The summed E-state index contributed by atoms with van der Waals surface area (Å²) in [6.07, 6.45) is 4.64. The smallest absolute Gasteiger partial charge is 0.358 e. The van der Waals surface area contributed by atoms with Crippen LogP contribution in [-0.2, 0) is 27.9 Å². The molecule has 0 aliphatic heterocycles. The summed E-state index contributed by atoms with van der Waals surface area (Å²) in [5.41, 5.74) is 0. The van der Waals surface area contributed by atoms with Gasteiger partial charge in [-0.3, -0.25) is 10.5 Å². The Morgan fingerprint density at radius 3 is 1.57 bits per heavy atom. The van der Waals surface area contributed by atoms with Gasteiger partial charge in [-0.15, -0.1) is 10.8 Å². The van der Waals surface area contributed by atoms with Gasteiger partial charge in [-0.2, -0.15) is 0 Å². The summed E-state index contributed by atoms with van der Waals surface area (Å²) in [5, 5.41) is 0. The molecular weight excluding hydrogens is 155 g/mol. The molecule has 0 saturated carbocycles. The Bertz CT molecular complexity index is 37.9. The van der Waals surface area contributed by atoms with Crippen molar-refractivity contribution >= 4 is 10.8 Å². The molecule has 0 aliphatic rings. The van der Waals surface area contributed by atoms with Gasteiger partial charge in [0.2, 0.25) is 0 Å². The average Bonchev–Trinajstić information content (AvgIpc) is 0.811. The average molecular weight is 163 g/mol. The van der Waals surface area contributed by atoms with Crippen LogP contribution in [0, 0.1) is 13.7 Å². The zero-order valence-electron chi connectivity index (χ0n) is 4.83. The van der Waals surface area contributed by atoms with E-state index in [0.717, 1.165) is 0 Å². The Hall–Kier alpha value is 1.27. The Kier molecular flexibility index (Phi) is 53.7. The Morgan fingerprint density at radius 2 is 1.57 bits per heavy atom. The summed E-state index contributed by atoms with van der Waals surface area (Å²) in [6.45, 7) is 0. The van der Waals surface area contributed by atoms with E-state index in [-0.39, 0.29) is 43.4 Å². The van der Waals surface area contributed by atoms with E-state index in [1.54, 1.807) is 0 Å². The summed E-state index contributed by atoms with van der Waals surface area (Å²) in [7, 11) is -0.861. The molecule has 0 aromatic rings. The van der Waals surface area contributed by atoms with Crippen molar-refractivity contribution in [3.05, 3.63) is 13.7 Å². The molecule has 1 unspecified atom stereocenters. The van der Waals surface area contributed by atoms with Gasteiger partial charge in [0, 0.05) is 0 Å². The largest absolute Gasteiger partial charge is 1.00 e. The van der Waals surface area contributed by atoms with Gasteiger partial charge in [-0.25, -0.2) is 0 Å². The maximum atomic E-state index is 9.44. The van der Waals surface area contributed by atoms with Crippen LogP contribution in [0.3, 0.4) is 0 Å². The van der Waals surface area contributed by atoms with Crippen molar-refractivity contribution < 1.29 is 40.1 Å². The van der Waals surface area contributed by atoms with Crippen molar-refractivity contribution in [1.82, 2.24) is 0 Å². The molecule has 7 heavy (non-hydrogen) atoms. The molecule has 4 heteroatoms. The molecule has 0 bridgehead atoms. The van der Waals surface area contributed by atoms with Gasteiger partial charge in [0.25, 0.3) is 0 Å². The molecule has 0 fully saturated rings. The molecule has 0 heterocycles. The monoisotopic (exact) mass is 162 g/mol. The molecule has 0 radical (unpaired) electrons. The van der Waals surface area contributed by atoms with Crippen LogP contribution in [0.15, 0.2) is 0 Å². The molecule has 0 spiro atoms. The summed E-state index contributed by atoms with van der Waals surface area (Å²) >= 11 is 0. The van der Waals surface area contributed by atoms with Crippen molar-refractivity contribution in [1.29, 1.82) is 0 Å². The molecule has 1 nitrogen and oxygen atoms in total. The Balaban J connectivity index is -0.0000000150. The third-order valence-electron chi connectivity index (χ3n) is 0. The topological polar surface area (TPSA) is 17.1 Å². The van der Waals surface area contributed by atoms with Crippen LogP contribution in [0.1, 0.15) is 0 Å². The SMILES string of the molecule is [CH2-]S(C)=O.[CH3-].[Cu+].[Li+]. The van der Waals surface area contributed by atoms with Crippen LogP contribution in [0.4, 0.5) is 0 Å². The number of rotatable bonds is 0. The van der Waals surface area contributed by atoms with Gasteiger partial charge < -0.3 is 7.43 Å². The molecule has 0 aromatic heterocycles. The minimum absolute atomic E-state index is 0. The summed E-state index contributed by atoms with van der Waals surface area (Å²) < 4.78 is 9.44. The van der Waals surface area contributed by atoms with Crippen LogP contribution < -0.4 is 18.9 Å². The first-order valence-electron chi connectivity index (χ1n) is 0.864. The van der Waals surface area contributed by atoms with E-state index in [4.69, 9.17) is 0 Å². The summed E-state index contributed by atoms with van der Waals surface area (Å²) in [5.74, 6) is 0. The third-order valence-corrected chi connectivity index (χ3v) is 0. The van der Waals surface area contributed by atoms with Gasteiger partial charge in [-0.1, -0.05) is 0 Å². The fraction of sp³-hybridized carbons (Fsp3) is 0.333. The van der Waals surface area contributed by atoms with Crippen molar-refractivity contribution in [2.45, 2.75) is 0 Å². The molecule has 0 aromatic carbocycles. The van der Waals surface area contributed by atoms with Gasteiger partial charge >= 0.3 is 35.9 Å². The van der Waals surface area contributed by atoms with Crippen LogP contribution in [0.2, 0.25) is 0 Å². The minimum atomic E-state index is -0.861. The van der Waals surface area contributed by atoms with Gasteiger partial charge in [-0.05, 0) is 6.26 Å². The summed E-state index contributed by atoms with van der Waals surface area (Å²) in [6, 6.07) is 0. The fourth-order valence-electron chi connectivity index (χ4n) is 0. The van der Waals surface area contributed by atoms with Gasteiger partial charge in [0.05, 0.1) is 0 Å². The molecule has 0 N–H and O–H groups in total. The van der Waals surface area contributed by atoms with Gasteiger partial charge in [0.15, 0.2) is 0 Å². The molecule has 44 valence electrons. The van der Waals surface area contributed by atoms with E-state index in [1.165, 1.54) is 6.26 Å². The maximum Gasteiger partial charge on any atom is 1.00 e. The quantitative estimate of drug-likeness (QED) is 0.287. The predicted molar refractivity (Wildman–Crippen MR) is 25.8 cm³/mol. The predicted octanol–water partition coefficient (Wildman–Crippen LogP) is -2.39. The standard InChI is InChI=1S/C2H5OS.CH3.Cu.Li/c1-4(2)3;;;/h1H2,2H3;1H3;;/q2*-1;2*+1. The van der Waals surface area contributed by atoms with Crippen molar-refractivity contribution in [2.75, 3.05) is 6.26 Å². The van der Waals surface area contributed by atoms with E-state index in [1.807, 2.05) is 0 Å². The van der Waals surface area contributed by atoms with E-state index in [0.29, 0.717) is 0 Å². The van der Waals surface area contributed by atoms with Gasteiger partial charge in [0.1, 0.15) is 0 Å². The molecule has 0 rings (SSSR count). The maximum absolute atomic E-state index is 9.44. The fourth-order valence-corrected chi connectivity index (χ4v) is 0. The van der Waals surface area contributed by atoms with E-state index in [9.17, 15) is 4.21 Å². The molecule has 0 aliphatic carbocycles. The number of hydrogen-bond acceptors (Lipinski definition) is 1. The third kappa shape index (κ3) is 126. The van der Waals surface area contributed by atoms with E-state index >= 15 is 0 Å². The normalized spacial score (nSPS) is 8.86. The zero-order chi connectivity index (χ0) is 3.58. The second kappa shape index (κ2) is 15.7. The summed E-state index contributed by atoms with van der Waals surface area (Å²) in [4.78, 5) is 0. The second-order valence-corrected chi connectivity index (χ2v) is 1.72. The number of hydrogen-bond donors (Lipinski definition) is 0. The van der Waals surface area contributed by atoms with Crippen molar-refractivity contribution in [3.8, 4) is 0 Å². The van der Waals surface area contributed by atoms with Crippen LogP contribution in [-0.4, -0.2) is 10.5 Å². The van der Waals surface area contributed by atoms with Crippen molar-refractivity contribution in [2.24, 2.45) is 0 Å². The molecule has 1 atom stereocenters. The molecule has 0 amide bonds. The van der Waals surface area contributed by atoms with Crippen LogP contribution >= 0.6 is 0 Å². The van der Waals surface area contributed by atoms with E-state index < -0.39 is 10.8 Å². The Labute approximate surface area is 70.7 Å². The second-order valence-electron chi connectivity index (χ2n) is 0.573. The van der Waals surface area contributed by atoms with Crippen LogP contribution in [0.5, 0.6) is 0 Å². The molecule has 0 saturated heterocycles. The van der Waals surface area contributed by atoms with E-state index in [2.05, 4.69) is 6.26 Å². The molecular formula is C3H8CuLiOS. The minimum Gasteiger partial charge on any atom is -0.358 e. The first-order valence-corrected chi connectivity index (χ1v) is 2.59. The first-order chi connectivity index (χ1) is 1.73. The Morgan fingerprint density at radius 1 is 1.57 bits per heavy atom. The van der Waals surface area contributed by atoms with Crippen LogP contribution in [0.25, 0.3) is 0 Å². The van der Waals surface area contributed by atoms with Crippen molar-refractivity contribution in [3.63, 3.8) is 0 Å². The first kappa shape index (κ1) is 24.0.